The van der Waals surface area contributed by atoms with Crippen molar-refractivity contribution in [3.05, 3.63) is 50.9 Å². The van der Waals surface area contributed by atoms with Crippen LogP contribution in [-0.2, 0) is 0 Å². The number of aryl methyl sites for hydroxylation is 2. The van der Waals surface area contributed by atoms with Gasteiger partial charge in [0.05, 0.1) is 12.0 Å². The molecule has 0 saturated carbocycles. The van der Waals surface area contributed by atoms with Crippen LogP contribution in [0.1, 0.15) is 22.6 Å². The van der Waals surface area contributed by atoms with Crippen molar-refractivity contribution < 1.29 is 14.2 Å². The number of nitrogens with zero attached hydrogens (tertiary/aromatic N) is 2. The first kappa shape index (κ1) is 13.8. The van der Waals surface area contributed by atoms with Gasteiger partial charge in [0.25, 0.3) is 0 Å². The molecular formula is C14H14N2O4. The Balaban J connectivity index is 2.32. The minimum Gasteiger partial charge on any atom is -0.496 e. The number of nitro groups is 1. The van der Waals surface area contributed by atoms with Crippen molar-refractivity contribution >= 4 is 17.8 Å². The maximum absolute atomic E-state index is 10.9. The van der Waals surface area contributed by atoms with Gasteiger partial charge in [-0.1, -0.05) is 23.4 Å². The Morgan fingerprint density at radius 2 is 2.10 bits per heavy atom. The monoisotopic (exact) mass is 274 g/mol. The lowest BCUT2D eigenvalue weighted by Gasteiger charge is -2.04. The molecule has 0 unspecified atom stereocenters. The molecule has 104 valence electrons. The summed E-state index contributed by atoms with van der Waals surface area (Å²) in [4.78, 5) is 10.4. The number of aromatic nitrogens is 1. The van der Waals surface area contributed by atoms with Crippen LogP contribution in [0.3, 0.4) is 0 Å². The van der Waals surface area contributed by atoms with Crippen LogP contribution in [-0.4, -0.2) is 17.2 Å². The highest BCUT2D eigenvalue weighted by molar-refractivity contribution is 5.72. The predicted molar refractivity (Wildman–Crippen MR) is 74.6 cm³/mol. The molecule has 2 aromatic rings. The molecule has 1 heterocycles. The van der Waals surface area contributed by atoms with Gasteiger partial charge in [-0.3, -0.25) is 10.1 Å². The molecule has 1 aromatic carbocycles. The van der Waals surface area contributed by atoms with Crippen LogP contribution in [0.25, 0.3) is 12.2 Å². The van der Waals surface area contributed by atoms with E-state index in [1.54, 1.807) is 13.2 Å². The summed E-state index contributed by atoms with van der Waals surface area (Å²) in [6.45, 7) is 3.48. The zero-order valence-electron chi connectivity index (χ0n) is 11.4. The number of methoxy groups -OCH3 is 1. The smallest absolute Gasteiger partial charge is 0.338 e. The summed E-state index contributed by atoms with van der Waals surface area (Å²) in [5, 5.41) is 14.5. The van der Waals surface area contributed by atoms with Crippen molar-refractivity contribution in [2.45, 2.75) is 13.8 Å². The molecule has 2 rings (SSSR count). The number of rotatable bonds is 4. The van der Waals surface area contributed by atoms with Crippen molar-refractivity contribution in [2.24, 2.45) is 0 Å². The van der Waals surface area contributed by atoms with Gasteiger partial charge in [-0.15, -0.1) is 0 Å². The molecule has 6 nitrogen and oxygen atoms in total. The summed E-state index contributed by atoms with van der Waals surface area (Å²) in [5.74, 6) is 0.891. The number of hydrogen-bond acceptors (Lipinski definition) is 5. The molecule has 0 aliphatic rings. The van der Waals surface area contributed by atoms with Gasteiger partial charge in [0.2, 0.25) is 5.76 Å². The SMILES string of the molecule is COc1cc(/C=C\c2onc(C)c2[N+](=O)[O-])ccc1C. The molecule has 0 saturated heterocycles. The van der Waals surface area contributed by atoms with Crippen LogP contribution >= 0.6 is 0 Å². The summed E-state index contributed by atoms with van der Waals surface area (Å²) in [5.41, 5.74) is 2.03. The Morgan fingerprint density at radius 1 is 1.35 bits per heavy atom. The van der Waals surface area contributed by atoms with Crippen LogP contribution < -0.4 is 4.74 Å². The fraction of sp³-hybridized carbons (Fsp3) is 0.214. The molecule has 20 heavy (non-hydrogen) atoms. The van der Waals surface area contributed by atoms with Gasteiger partial charge in [0.15, 0.2) is 5.69 Å². The summed E-state index contributed by atoms with van der Waals surface area (Å²) in [7, 11) is 1.60. The molecule has 0 aliphatic carbocycles. The second kappa shape index (κ2) is 5.56. The van der Waals surface area contributed by atoms with E-state index in [0.717, 1.165) is 16.9 Å². The van der Waals surface area contributed by atoms with Crippen molar-refractivity contribution in [1.82, 2.24) is 5.16 Å². The van der Waals surface area contributed by atoms with E-state index < -0.39 is 4.92 Å². The van der Waals surface area contributed by atoms with E-state index in [0.29, 0.717) is 0 Å². The van der Waals surface area contributed by atoms with Crippen molar-refractivity contribution in [3.8, 4) is 5.75 Å². The molecule has 0 bridgehead atoms. The van der Waals surface area contributed by atoms with Gasteiger partial charge in [0.1, 0.15) is 5.75 Å². The Kier molecular flexibility index (Phi) is 3.84. The van der Waals surface area contributed by atoms with Crippen LogP contribution in [0.2, 0.25) is 0 Å². The van der Waals surface area contributed by atoms with Crippen molar-refractivity contribution in [2.75, 3.05) is 7.11 Å². The summed E-state index contributed by atoms with van der Waals surface area (Å²) < 4.78 is 10.2. The Morgan fingerprint density at radius 3 is 2.75 bits per heavy atom. The fourth-order valence-electron chi connectivity index (χ4n) is 1.83. The zero-order chi connectivity index (χ0) is 14.7. The van der Waals surface area contributed by atoms with E-state index in [1.807, 2.05) is 25.1 Å². The standard InChI is InChI=1S/C14H14N2O4/c1-9-4-5-11(8-13(9)19-3)6-7-12-14(16(17)18)10(2)15-20-12/h4-8H,1-3H3/b7-6-. The van der Waals surface area contributed by atoms with Gasteiger partial charge in [0, 0.05) is 0 Å². The summed E-state index contributed by atoms with van der Waals surface area (Å²) >= 11 is 0. The lowest BCUT2D eigenvalue weighted by atomic mass is 10.1. The molecule has 0 atom stereocenters. The van der Waals surface area contributed by atoms with Crippen molar-refractivity contribution in [1.29, 1.82) is 0 Å². The molecule has 1 aromatic heterocycles. The van der Waals surface area contributed by atoms with Gasteiger partial charge >= 0.3 is 5.69 Å². The number of hydrogen-bond donors (Lipinski definition) is 0. The van der Waals surface area contributed by atoms with E-state index in [2.05, 4.69) is 5.16 Å². The molecule has 6 heteroatoms. The number of ether oxygens (including phenoxy) is 1. The van der Waals surface area contributed by atoms with E-state index in [4.69, 9.17) is 9.26 Å². The van der Waals surface area contributed by atoms with Gasteiger partial charge in [-0.05, 0) is 37.1 Å². The minimum atomic E-state index is -0.499. The van der Waals surface area contributed by atoms with Crippen LogP contribution in [0.4, 0.5) is 5.69 Å². The third-order valence-corrected chi connectivity index (χ3v) is 2.90. The van der Waals surface area contributed by atoms with Crippen LogP contribution in [0, 0.1) is 24.0 Å². The quantitative estimate of drug-likeness (QED) is 0.630. The highest BCUT2D eigenvalue weighted by Crippen LogP contribution is 2.25. The van der Waals surface area contributed by atoms with Gasteiger partial charge < -0.3 is 9.26 Å². The van der Waals surface area contributed by atoms with E-state index in [-0.39, 0.29) is 17.1 Å². The fourth-order valence-corrected chi connectivity index (χ4v) is 1.83. The molecule has 0 aliphatic heterocycles. The Bertz CT molecular complexity index is 674. The van der Waals surface area contributed by atoms with Gasteiger partial charge in [-0.25, -0.2) is 0 Å². The normalized spacial score (nSPS) is 10.9. The average Bonchev–Trinajstić information content (AvgIpc) is 2.79. The lowest BCUT2D eigenvalue weighted by Crippen LogP contribution is -1.90. The maximum atomic E-state index is 10.9. The first-order valence-corrected chi connectivity index (χ1v) is 5.96. The Hall–Kier alpha value is -2.63. The van der Waals surface area contributed by atoms with Crippen LogP contribution in [0.15, 0.2) is 22.7 Å². The first-order chi connectivity index (χ1) is 9.52. The van der Waals surface area contributed by atoms with E-state index >= 15 is 0 Å². The number of benzene rings is 1. The third-order valence-electron chi connectivity index (χ3n) is 2.90. The Labute approximate surface area is 115 Å². The summed E-state index contributed by atoms with van der Waals surface area (Å²) in [6.07, 6.45) is 3.25. The van der Waals surface area contributed by atoms with E-state index in [1.165, 1.54) is 13.0 Å². The van der Waals surface area contributed by atoms with E-state index in [9.17, 15) is 10.1 Å². The molecule has 0 amide bonds. The lowest BCUT2D eigenvalue weighted by molar-refractivity contribution is -0.386. The molecule has 0 radical (unpaired) electrons. The highest BCUT2D eigenvalue weighted by atomic mass is 16.6. The topological polar surface area (TPSA) is 78.4 Å². The largest absolute Gasteiger partial charge is 0.496 e. The molecule has 0 spiro atoms. The maximum Gasteiger partial charge on any atom is 0.338 e. The average molecular weight is 274 g/mol. The molecule has 0 fully saturated rings. The predicted octanol–water partition coefficient (Wildman–Crippen LogP) is 3.38. The highest BCUT2D eigenvalue weighted by Gasteiger charge is 2.21. The third kappa shape index (κ3) is 2.69. The second-order valence-corrected chi connectivity index (χ2v) is 4.30. The molecular weight excluding hydrogens is 260 g/mol. The zero-order valence-corrected chi connectivity index (χ0v) is 11.4. The first-order valence-electron chi connectivity index (χ1n) is 5.96. The van der Waals surface area contributed by atoms with Crippen LogP contribution in [0.5, 0.6) is 5.75 Å². The van der Waals surface area contributed by atoms with Gasteiger partial charge in [-0.2, -0.15) is 0 Å². The van der Waals surface area contributed by atoms with Crippen molar-refractivity contribution in [3.63, 3.8) is 0 Å². The molecule has 0 N–H and O–H groups in total. The summed E-state index contributed by atoms with van der Waals surface area (Å²) in [6, 6.07) is 5.66. The second-order valence-electron chi connectivity index (χ2n) is 4.30. The minimum absolute atomic E-state index is 0.111.